The Morgan fingerprint density at radius 3 is 2.43 bits per heavy atom. The van der Waals surface area contributed by atoms with Gasteiger partial charge in [0.1, 0.15) is 12.2 Å². The predicted molar refractivity (Wildman–Crippen MR) is 42.4 cm³/mol. The highest BCUT2D eigenvalue weighted by Crippen LogP contribution is 3.12. The summed E-state index contributed by atoms with van der Waals surface area (Å²) in [5, 5.41) is 33.9. The van der Waals surface area contributed by atoms with E-state index < -0.39 is 42.1 Å². The van der Waals surface area contributed by atoms with Crippen LogP contribution in [0.15, 0.2) is 0 Å². The fraction of sp³-hybridized carbons (Fsp3) is 1.00. The van der Waals surface area contributed by atoms with E-state index in [1.807, 2.05) is 0 Å². The van der Waals surface area contributed by atoms with Crippen LogP contribution in [0.2, 0.25) is 0 Å². The highest BCUT2D eigenvalue weighted by Gasteiger charge is 3.19. The molecule has 0 amide bonds. The van der Waals surface area contributed by atoms with E-state index in [9.17, 15) is 19.9 Å². The van der Waals surface area contributed by atoms with Crippen molar-refractivity contribution in [3.63, 3.8) is 0 Å². The lowest BCUT2D eigenvalue weighted by Gasteiger charge is -2.42. The molecule has 3 aliphatic rings. The quantitative estimate of drug-likeness (QED) is 0.301. The molecule has 1 unspecified atom stereocenters. The Kier molecular flexibility index (Phi) is 1.20. The number of nitrogens with two attached hydrogens (primary N) is 1. The van der Waals surface area contributed by atoms with E-state index in [0.29, 0.717) is 0 Å². The van der Waals surface area contributed by atoms with Crippen molar-refractivity contribution in [2.24, 2.45) is 5.73 Å². The first-order valence-electron chi connectivity index (χ1n) is 4.13. The van der Waals surface area contributed by atoms with Gasteiger partial charge in [-0.15, -0.1) is 0 Å². The summed E-state index contributed by atoms with van der Waals surface area (Å²) in [6.07, 6.45) is -2.66. The average Bonchev–Trinajstić information content (AvgIpc) is 2.76. The Balaban J connectivity index is 2.07. The zero-order chi connectivity index (χ0) is 10.6. The van der Waals surface area contributed by atoms with E-state index in [0.717, 1.165) is 0 Å². The first kappa shape index (κ1) is 9.23. The van der Waals surface area contributed by atoms with Crippen LogP contribution < -0.4 is 5.73 Å². The molecule has 3 heterocycles. The molecule has 80 valence electrons. The number of ether oxygens (including phenoxy) is 1. The van der Waals surface area contributed by atoms with Crippen molar-refractivity contribution in [1.82, 2.24) is 0 Å². The summed E-state index contributed by atoms with van der Waals surface area (Å²) in [4.78, 5) is 0. The summed E-state index contributed by atoms with van der Waals surface area (Å²) in [6, 6.07) is 0. The van der Waals surface area contributed by atoms with Gasteiger partial charge in [-0.3, -0.25) is 0 Å². The third-order valence-electron chi connectivity index (χ3n) is 3.62. The van der Waals surface area contributed by atoms with Gasteiger partial charge in [0.2, 0.25) is 7.14 Å². The van der Waals surface area contributed by atoms with E-state index in [2.05, 4.69) is 0 Å². The Hall–Kier alpha value is -0.0100. The van der Waals surface area contributed by atoms with Crippen LogP contribution in [0, 0.1) is 0 Å². The Bertz CT molecular complexity index is 389. The molecule has 0 radical (unpaired) electrons. The molecule has 6 atom stereocenters. The van der Waals surface area contributed by atoms with Gasteiger partial charge in [0.15, 0.2) is 10.6 Å². The highest BCUT2D eigenvalue weighted by molar-refractivity contribution is 7.85. The minimum atomic E-state index is -3.47. The van der Waals surface area contributed by atoms with Gasteiger partial charge >= 0.3 is 0 Å². The molecule has 14 heavy (non-hydrogen) atoms. The van der Waals surface area contributed by atoms with Crippen LogP contribution in [0.25, 0.3) is 0 Å². The fourth-order valence-electron chi connectivity index (χ4n) is 2.62. The molecule has 3 fully saturated rings. The van der Waals surface area contributed by atoms with Crippen LogP contribution in [0.3, 0.4) is 0 Å². The van der Waals surface area contributed by atoms with Crippen molar-refractivity contribution in [1.29, 1.82) is 0 Å². The standard InChI is InChI=1S/C6H10NO6P/c7-5-4(10)3(9)2(1-8)13-6(5,11)14(4,5)12/h2-3,8-11H,1,7H2/t2-,3-,4-,5+,6-,14?/m1/s1. The monoisotopic (exact) mass is 223 g/mol. The second-order valence-corrected chi connectivity index (χ2v) is 7.21. The van der Waals surface area contributed by atoms with Crippen molar-refractivity contribution in [2.75, 3.05) is 6.61 Å². The maximum Gasteiger partial charge on any atom is 0.254 e. The molecule has 3 saturated heterocycles. The lowest BCUT2D eigenvalue weighted by molar-refractivity contribution is -0.273. The van der Waals surface area contributed by atoms with Crippen LogP contribution in [-0.4, -0.2) is 55.4 Å². The minimum Gasteiger partial charge on any atom is -0.394 e. The SMILES string of the molecule is N[C@@]12[C@@]3(O)O[C@H](CO)[C@@H](O)[C@@]1(O)P23=O. The molecule has 3 aliphatic heterocycles. The molecular weight excluding hydrogens is 213 g/mol. The molecule has 0 spiro atoms. The normalized spacial score (nSPS) is 74.1. The molecule has 8 heteroatoms. The highest BCUT2D eigenvalue weighted by atomic mass is 31.2. The van der Waals surface area contributed by atoms with Crippen LogP contribution >= 0.6 is 7.14 Å². The molecule has 0 aromatic carbocycles. The topological polar surface area (TPSA) is 133 Å². The van der Waals surface area contributed by atoms with Crippen LogP contribution in [0.4, 0.5) is 0 Å². The average molecular weight is 223 g/mol. The molecule has 0 aliphatic carbocycles. The predicted octanol–water partition coefficient (Wildman–Crippen LogP) is -2.88. The van der Waals surface area contributed by atoms with Crippen molar-refractivity contribution in [3.05, 3.63) is 0 Å². The van der Waals surface area contributed by atoms with Gasteiger partial charge in [-0.1, -0.05) is 0 Å². The van der Waals surface area contributed by atoms with Crippen molar-refractivity contribution >= 4 is 7.14 Å². The Morgan fingerprint density at radius 2 is 2.00 bits per heavy atom. The van der Waals surface area contributed by atoms with Crippen LogP contribution in [0.5, 0.6) is 0 Å². The lowest BCUT2D eigenvalue weighted by atomic mass is 9.97. The van der Waals surface area contributed by atoms with E-state index in [1.165, 1.54) is 0 Å². The third-order valence-corrected chi connectivity index (χ3v) is 7.70. The first-order valence-corrected chi connectivity index (χ1v) is 5.84. The maximum absolute atomic E-state index is 11.8. The maximum atomic E-state index is 11.8. The van der Waals surface area contributed by atoms with Crippen molar-refractivity contribution < 1.29 is 29.7 Å². The molecule has 0 aromatic heterocycles. The third kappa shape index (κ3) is 0.431. The summed E-state index contributed by atoms with van der Waals surface area (Å²) >= 11 is 0. The number of hydrogen-bond donors (Lipinski definition) is 5. The zero-order valence-corrected chi connectivity index (χ0v) is 7.89. The fourth-order valence-corrected chi connectivity index (χ4v) is 6.69. The van der Waals surface area contributed by atoms with Crippen molar-refractivity contribution in [2.45, 2.75) is 28.4 Å². The van der Waals surface area contributed by atoms with Gasteiger partial charge in [0.05, 0.1) is 6.61 Å². The molecule has 7 nitrogen and oxygen atoms in total. The summed E-state index contributed by atoms with van der Waals surface area (Å²) in [5.74, 6) is 0. The van der Waals surface area contributed by atoms with Gasteiger partial charge in [-0.05, 0) is 0 Å². The van der Waals surface area contributed by atoms with Gasteiger partial charge in [-0.2, -0.15) is 0 Å². The Labute approximate surface area is 78.5 Å². The van der Waals surface area contributed by atoms with Gasteiger partial charge < -0.3 is 35.5 Å². The largest absolute Gasteiger partial charge is 0.394 e. The summed E-state index contributed by atoms with van der Waals surface area (Å²) < 4.78 is 16.6. The number of hydrogen-bond acceptors (Lipinski definition) is 7. The number of rotatable bonds is 1. The van der Waals surface area contributed by atoms with Crippen molar-refractivity contribution in [3.8, 4) is 0 Å². The molecule has 6 N–H and O–H groups in total. The lowest BCUT2D eigenvalue weighted by Crippen LogP contribution is -2.66. The first-order chi connectivity index (χ1) is 6.33. The van der Waals surface area contributed by atoms with Crippen LogP contribution in [0.1, 0.15) is 0 Å². The Morgan fingerprint density at radius 1 is 1.50 bits per heavy atom. The van der Waals surface area contributed by atoms with E-state index in [-0.39, 0.29) is 0 Å². The smallest absolute Gasteiger partial charge is 0.254 e. The van der Waals surface area contributed by atoms with E-state index >= 15 is 0 Å². The molecule has 0 aromatic rings. The number of aliphatic hydroxyl groups is 4. The van der Waals surface area contributed by atoms with Gasteiger partial charge in [-0.25, -0.2) is 0 Å². The van der Waals surface area contributed by atoms with Gasteiger partial charge in [0.25, 0.3) is 5.53 Å². The van der Waals surface area contributed by atoms with E-state index in [4.69, 9.17) is 15.6 Å². The second-order valence-electron chi connectivity index (χ2n) is 3.99. The second kappa shape index (κ2) is 1.82. The summed E-state index contributed by atoms with van der Waals surface area (Å²) in [7, 11) is -3.47. The number of aliphatic hydroxyl groups excluding tert-OH is 2. The minimum absolute atomic E-state index is 0.581. The summed E-state index contributed by atoms with van der Waals surface area (Å²) in [6.45, 7) is -0.581. The summed E-state index contributed by atoms with van der Waals surface area (Å²) in [5.41, 5.74) is 3.43. The molecule has 3 rings (SSSR count). The number of fused-ring (bicyclic) bond motifs is 2. The molecule has 0 bridgehead atoms. The van der Waals surface area contributed by atoms with Gasteiger partial charge in [0, 0.05) is 0 Å². The molecular formula is C6H10NO6P. The zero-order valence-electron chi connectivity index (χ0n) is 6.99. The van der Waals surface area contributed by atoms with E-state index in [1.54, 1.807) is 0 Å². The molecule has 0 saturated carbocycles. The van der Waals surface area contributed by atoms with Crippen LogP contribution in [-0.2, 0) is 9.30 Å².